The summed E-state index contributed by atoms with van der Waals surface area (Å²) in [5, 5.41) is 6.61. The number of nitrogens with one attached hydrogen (secondary N) is 2. The van der Waals surface area contributed by atoms with Gasteiger partial charge in [-0.1, -0.05) is 0 Å². The second-order valence-corrected chi connectivity index (χ2v) is 5.37. The molecule has 1 aromatic rings. The molecule has 1 aromatic heterocycles. The van der Waals surface area contributed by atoms with Crippen molar-refractivity contribution < 1.29 is 9.47 Å². The van der Waals surface area contributed by atoms with Crippen LogP contribution in [0.25, 0.3) is 0 Å². The third-order valence-corrected chi connectivity index (χ3v) is 3.50. The molecule has 0 atom stereocenters. The average molecular weight is 309 g/mol. The Bertz CT molecular complexity index is 438. The Hall–Kier alpha value is -1.44. The van der Waals surface area contributed by atoms with Crippen LogP contribution in [0.3, 0.4) is 0 Å². The maximum atomic E-state index is 5.35. The van der Waals surface area contributed by atoms with Gasteiger partial charge in [0.25, 0.3) is 0 Å². The van der Waals surface area contributed by atoms with Gasteiger partial charge in [-0.15, -0.1) is 0 Å². The quantitative estimate of drug-likeness (QED) is 0.659. The van der Waals surface area contributed by atoms with Crippen LogP contribution < -0.4 is 10.6 Å². The summed E-state index contributed by atoms with van der Waals surface area (Å²) >= 11 is 0. The normalized spacial score (nSPS) is 15.7. The Labute approximate surface area is 132 Å². The van der Waals surface area contributed by atoms with Crippen LogP contribution in [-0.2, 0) is 9.47 Å². The molecule has 1 aliphatic heterocycles. The zero-order valence-corrected chi connectivity index (χ0v) is 13.6. The standard InChI is InChI=1S/C15H27N5O2/c1-13-12-14(16-5-6-20-7-10-22-11-8-20)19-15(18-13)17-4-3-9-21-2/h12H,3-11H2,1-2H3,(H2,16,17,18,19). The molecule has 0 radical (unpaired) electrons. The lowest BCUT2D eigenvalue weighted by atomic mass is 10.4. The number of hydrogen-bond donors (Lipinski definition) is 2. The zero-order valence-electron chi connectivity index (χ0n) is 13.6. The van der Waals surface area contributed by atoms with Gasteiger partial charge in [-0.05, 0) is 13.3 Å². The molecule has 7 heteroatoms. The van der Waals surface area contributed by atoms with Gasteiger partial charge in [0.05, 0.1) is 13.2 Å². The van der Waals surface area contributed by atoms with Gasteiger partial charge in [-0.3, -0.25) is 4.90 Å². The molecule has 0 bridgehead atoms. The fourth-order valence-corrected chi connectivity index (χ4v) is 2.32. The first kappa shape index (κ1) is 16.9. The second kappa shape index (κ2) is 9.55. The van der Waals surface area contributed by atoms with Gasteiger partial charge >= 0.3 is 0 Å². The van der Waals surface area contributed by atoms with Crippen molar-refractivity contribution in [2.45, 2.75) is 13.3 Å². The van der Waals surface area contributed by atoms with Crippen molar-refractivity contribution in [1.82, 2.24) is 14.9 Å². The van der Waals surface area contributed by atoms with Crippen LogP contribution in [0.2, 0.25) is 0 Å². The highest BCUT2D eigenvalue weighted by Gasteiger charge is 2.09. The lowest BCUT2D eigenvalue weighted by Gasteiger charge is -2.26. The van der Waals surface area contributed by atoms with Gasteiger partial charge in [0, 0.05) is 58.2 Å². The van der Waals surface area contributed by atoms with Crippen LogP contribution in [0.4, 0.5) is 11.8 Å². The summed E-state index contributed by atoms with van der Waals surface area (Å²) in [4.78, 5) is 11.3. The minimum Gasteiger partial charge on any atom is -0.385 e. The van der Waals surface area contributed by atoms with Crippen molar-refractivity contribution in [3.8, 4) is 0 Å². The highest BCUT2D eigenvalue weighted by Crippen LogP contribution is 2.09. The highest BCUT2D eigenvalue weighted by atomic mass is 16.5. The van der Waals surface area contributed by atoms with Gasteiger partial charge < -0.3 is 20.1 Å². The van der Waals surface area contributed by atoms with E-state index in [0.29, 0.717) is 5.95 Å². The number of nitrogens with zero attached hydrogens (tertiary/aromatic N) is 3. The molecule has 0 spiro atoms. The Balaban J connectivity index is 1.75. The Morgan fingerprint density at radius 3 is 2.82 bits per heavy atom. The van der Waals surface area contributed by atoms with Crippen molar-refractivity contribution in [3.05, 3.63) is 11.8 Å². The lowest BCUT2D eigenvalue weighted by Crippen LogP contribution is -2.39. The minimum atomic E-state index is 0.671. The molecule has 2 N–H and O–H groups in total. The highest BCUT2D eigenvalue weighted by molar-refractivity contribution is 5.42. The summed E-state index contributed by atoms with van der Waals surface area (Å²) in [7, 11) is 1.71. The number of aryl methyl sites for hydroxylation is 1. The summed E-state index contributed by atoms with van der Waals surface area (Å²) in [5.41, 5.74) is 0.957. The average Bonchev–Trinajstić information content (AvgIpc) is 2.52. The topological polar surface area (TPSA) is 71.5 Å². The number of ether oxygens (including phenoxy) is 2. The van der Waals surface area contributed by atoms with Gasteiger partial charge in [0.2, 0.25) is 5.95 Å². The van der Waals surface area contributed by atoms with Gasteiger partial charge in [-0.25, -0.2) is 4.98 Å². The summed E-state index contributed by atoms with van der Waals surface area (Å²) in [6, 6.07) is 1.97. The molecule has 1 saturated heterocycles. The smallest absolute Gasteiger partial charge is 0.224 e. The molecule has 0 saturated carbocycles. The van der Waals surface area contributed by atoms with Crippen molar-refractivity contribution in [2.75, 3.05) is 70.3 Å². The largest absolute Gasteiger partial charge is 0.385 e. The summed E-state index contributed by atoms with van der Waals surface area (Å²) < 4.78 is 10.4. The van der Waals surface area contributed by atoms with Crippen molar-refractivity contribution in [3.63, 3.8) is 0 Å². The molecule has 0 aliphatic carbocycles. The van der Waals surface area contributed by atoms with E-state index in [1.54, 1.807) is 7.11 Å². The molecular weight excluding hydrogens is 282 g/mol. The fraction of sp³-hybridized carbons (Fsp3) is 0.733. The molecule has 7 nitrogen and oxygen atoms in total. The minimum absolute atomic E-state index is 0.671. The number of morpholine rings is 1. The lowest BCUT2D eigenvalue weighted by molar-refractivity contribution is 0.0398. The van der Waals surface area contributed by atoms with E-state index in [1.165, 1.54) is 0 Å². The van der Waals surface area contributed by atoms with Crippen LogP contribution in [0.15, 0.2) is 6.07 Å². The molecule has 2 heterocycles. The van der Waals surface area contributed by atoms with Crippen molar-refractivity contribution in [1.29, 1.82) is 0 Å². The maximum Gasteiger partial charge on any atom is 0.224 e. The molecule has 1 aliphatic rings. The van der Waals surface area contributed by atoms with Crippen LogP contribution >= 0.6 is 0 Å². The van der Waals surface area contributed by atoms with E-state index in [9.17, 15) is 0 Å². The predicted octanol–water partition coefficient (Wildman–Crippen LogP) is 0.978. The molecule has 2 rings (SSSR count). The van der Waals surface area contributed by atoms with Crippen LogP contribution in [0.5, 0.6) is 0 Å². The SMILES string of the molecule is COCCCNc1nc(C)cc(NCCN2CCOCC2)n1. The molecule has 22 heavy (non-hydrogen) atoms. The first-order chi connectivity index (χ1) is 10.8. The number of hydrogen-bond acceptors (Lipinski definition) is 7. The van der Waals surface area contributed by atoms with Crippen LogP contribution in [-0.4, -0.2) is 74.5 Å². The van der Waals surface area contributed by atoms with Crippen LogP contribution in [0, 0.1) is 6.92 Å². The van der Waals surface area contributed by atoms with E-state index in [-0.39, 0.29) is 0 Å². The van der Waals surface area contributed by atoms with E-state index >= 15 is 0 Å². The molecule has 1 fully saturated rings. The Morgan fingerprint density at radius 2 is 2.05 bits per heavy atom. The second-order valence-electron chi connectivity index (χ2n) is 5.37. The first-order valence-electron chi connectivity index (χ1n) is 7.90. The van der Waals surface area contributed by atoms with Gasteiger partial charge in [-0.2, -0.15) is 4.98 Å². The van der Waals surface area contributed by atoms with E-state index in [1.807, 2.05) is 13.0 Å². The van der Waals surface area contributed by atoms with E-state index < -0.39 is 0 Å². The number of rotatable bonds is 9. The summed E-state index contributed by atoms with van der Waals surface area (Å²) in [5.74, 6) is 1.54. The number of aromatic nitrogens is 2. The van der Waals surface area contributed by atoms with E-state index in [4.69, 9.17) is 9.47 Å². The Morgan fingerprint density at radius 1 is 1.23 bits per heavy atom. The molecule has 0 aromatic carbocycles. The van der Waals surface area contributed by atoms with Crippen molar-refractivity contribution >= 4 is 11.8 Å². The molecule has 0 amide bonds. The monoisotopic (exact) mass is 309 g/mol. The van der Waals surface area contributed by atoms with E-state index in [2.05, 4.69) is 25.5 Å². The van der Waals surface area contributed by atoms with E-state index in [0.717, 1.165) is 70.5 Å². The third kappa shape index (κ3) is 6.13. The van der Waals surface area contributed by atoms with Crippen molar-refractivity contribution in [2.24, 2.45) is 0 Å². The number of methoxy groups -OCH3 is 1. The first-order valence-corrected chi connectivity index (χ1v) is 7.90. The summed E-state index contributed by atoms with van der Waals surface area (Å²) in [6.45, 7) is 9.10. The van der Waals surface area contributed by atoms with Crippen LogP contribution in [0.1, 0.15) is 12.1 Å². The van der Waals surface area contributed by atoms with Gasteiger partial charge in [0.15, 0.2) is 0 Å². The zero-order chi connectivity index (χ0) is 15.6. The molecule has 124 valence electrons. The molecule has 0 unspecified atom stereocenters. The molecular formula is C15H27N5O2. The summed E-state index contributed by atoms with van der Waals surface area (Å²) in [6.07, 6.45) is 0.938. The number of anilines is 2. The fourth-order valence-electron chi connectivity index (χ4n) is 2.32. The van der Waals surface area contributed by atoms with Gasteiger partial charge in [0.1, 0.15) is 5.82 Å². The maximum absolute atomic E-state index is 5.35. The Kier molecular flexibility index (Phi) is 7.35. The third-order valence-electron chi connectivity index (χ3n) is 3.50. The predicted molar refractivity (Wildman–Crippen MR) is 87.5 cm³/mol.